The number of hydrogen-bond donors (Lipinski definition) is 4. The summed E-state index contributed by atoms with van der Waals surface area (Å²) >= 11 is 2.55. The van der Waals surface area contributed by atoms with Crippen LogP contribution in [0.25, 0.3) is 27.2 Å². The van der Waals surface area contributed by atoms with Crippen LogP contribution in [0.4, 0.5) is 26.7 Å². The van der Waals surface area contributed by atoms with Gasteiger partial charge in [0.25, 0.3) is 0 Å². The Morgan fingerprint density at radius 1 is 0.800 bits per heavy atom. The molecule has 5 N–H and O–H groups in total. The van der Waals surface area contributed by atoms with Gasteiger partial charge in [0.1, 0.15) is 44.2 Å². The fourth-order valence-electron chi connectivity index (χ4n) is 6.54. The maximum absolute atomic E-state index is 12.4. The molecule has 8 aromatic rings. The zero-order chi connectivity index (χ0) is 46.7. The molecule has 1 atom stereocenters. The van der Waals surface area contributed by atoms with Crippen molar-refractivity contribution in [3.8, 4) is 45.3 Å². The van der Waals surface area contributed by atoms with E-state index >= 15 is 0 Å². The van der Waals surface area contributed by atoms with Crippen LogP contribution in [-0.4, -0.2) is 68.5 Å². The van der Waals surface area contributed by atoms with Crippen LogP contribution in [0.2, 0.25) is 0 Å². The van der Waals surface area contributed by atoms with E-state index in [0.717, 1.165) is 62.5 Å². The summed E-state index contributed by atoms with van der Waals surface area (Å²) in [5, 5.41) is 61.1. The van der Waals surface area contributed by atoms with Gasteiger partial charge >= 0.3 is 5.69 Å². The Morgan fingerprint density at radius 3 is 1.92 bits per heavy atom. The van der Waals surface area contributed by atoms with E-state index in [0.29, 0.717) is 37.5 Å². The Bertz CT molecular complexity index is 2940. The van der Waals surface area contributed by atoms with Crippen molar-refractivity contribution in [2.24, 2.45) is 0 Å². The highest BCUT2D eigenvalue weighted by molar-refractivity contribution is 7.15. The topological polar surface area (TPSA) is 239 Å². The van der Waals surface area contributed by atoms with Crippen molar-refractivity contribution in [2.75, 3.05) is 39.5 Å². The Labute approximate surface area is 379 Å². The van der Waals surface area contributed by atoms with Gasteiger partial charge < -0.3 is 40.2 Å². The minimum Gasteiger partial charge on any atom is -0.497 e. The Kier molecular flexibility index (Phi) is 15.2. The summed E-state index contributed by atoms with van der Waals surface area (Å²) in [5.74, 6) is 2.62. The number of nitro groups is 1. The highest BCUT2D eigenvalue weighted by atomic mass is 32.1. The fraction of sp³-hybridized carbons (Fsp3) is 0.178. The number of halogens is 1. The molecule has 0 aliphatic rings. The van der Waals surface area contributed by atoms with Gasteiger partial charge in [0.2, 0.25) is 16.1 Å². The molecule has 0 bridgehead atoms. The molecule has 0 aliphatic carbocycles. The molecule has 0 saturated heterocycles. The second-order valence-corrected chi connectivity index (χ2v) is 15.8. The number of aliphatic hydroxyl groups is 2. The number of nitrogens with one attached hydrogen (secondary N) is 1. The average molecular weight is 920 g/mol. The summed E-state index contributed by atoms with van der Waals surface area (Å²) in [6.45, 7) is 1.53. The lowest BCUT2D eigenvalue weighted by atomic mass is 9.76. The first kappa shape index (κ1) is 46.8. The minimum atomic E-state index is -0.951. The fourth-order valence-corrected chi connectivity index (χ4v) is 7.88. The molecule has 3 heterocycles. The second kappa shape index (κ2) is 21.1. The van der Waals surface area contributed by atoms with Crippen molar-refractivity contribution in [3.05, 3.63) is 146 Å². The van der Waals surface area contributed by atoms with Crippen molar-refractivity contribution < 1.29 is 38.5 Å². The number of rotatable bonds is 13. The molecule has 17 nitrogen and oxygen atoms in total. The number of nitrogens with zero attached hydrogens (tertiary/aromatic N) is 7. The molecule has 0 fully saturated rings. The van der Waals surface area contributed by atoms with Gasteiger partial charge in [-0.1, -0.05) is 59.1 Å². The third kappa shape index (κ3) is 10.4. The van der Waals surface area contributed by atoms with Gasteiger partial charge in [0.15, 0.2) is 0 Å². The van der Waals surface area contributed by atoms with E-state index in [9.17, 15) is 30.0 Å². The summed E-state index contributed by atoms with van der Waals surface area (Å²) in [4.78, 5) is 9.23. The first-order chi connectivity index (χ1) is 31.4. The van der Waals surface area contributed by atoms with Gasteiger partial charge in [-0.05, 0) is 84.8 Å². The highest BCUT2D eigenvalue weighted by Crippen LogP contribution is 2.42. The molecule has 1 unspecified atom stereocenters. The van der Waals surface area contributed by atoms with Crippen molar-refractivity contribution in [3.63, 3.8) is 0 Å². The predicted molar refractivity (Wildman–Crippen MR) is 246 cm³/mol. The van der Waals surface area contributed by atoms with Gasteiger partial charge in [0, 0.05) is 28.3 Å². The molecule has 0 amide bonds. The molecule has 8 rings (SSSR count). The SMILES string of the molecule is COc1ccc(-c2c(N)n(-c3nnc(CO)s3)c3ccc(OC)cc23)cc1.COc1ccc(C(C)(C#N)c2cc(OC)ccc2Nc2nnc(CO)s2)cc1.O=[N+]([O-])c1ccccc1F. The van der Waals surface area contributed by atoms with Gasteiger partial charge in [-0.2, -0.15) is 9.65 Å². The zero-order valence-corrected chi connectivity index (χ0v) is 37.2. The highest BCUT2D eigenvalue weighted by Gasteiger charge is 2.32. The van der Waals surface area contributed by atoms with E-state index in [1.807, 2.05) is 96.4 Å². The van der Waals surface area contributed by atoms with Crippen LogP contribution >= 0.6 is 22.7 Å². The van der Waals surface area contributed by atoms with Gasteiger partial charge in [-0.3, -0.25) is 14.7 Å². The standard InChI is InChI=1S/C20H20N4O3S.C19H18N4O3S.C6H4FNO2/c1-20(12-21,13-4-6-14(26-2)7-5-13)16-10-15(27-3)8-9-17(16)22-19-24-23-18(11-25)28-19;1-25-12-5-3-11(4-6-12)17-14-9-13(26-2)7-8-15(14)23(18(17)20)19-22-21-16(10-24)27-19;7-5-3-1-2-4-6(5)8(9)10/h4-10,25H,11H2,1-3H3,(H,22,24);3-9,24H,10,20H2,1-2H3;1-4H. The maximum Gasteiger partial charge on any atom is 0.304 e. The van der Waals surface area contributed by atoms with Crippen molar-refractivity contribution in [1.29, 1.82) is 5.26 Å². The van der Waals surface area contributed by atoms with Crippen LogP contribution in [0.1, 0.15) is 28.1 Å². The number of methoxy groups -OCH3 is 4. The Balaban J connectivity index is 0.000000178. The summed E-state index contributed by atoms with van der Waals surface area (Å²) in [6.07, 6.45) is 0. The lowest BCUT2D eigenvalue weighted by molar-refractivity contribution is -0.387. The number of nitro benzene ring substituents is 1. The lowest BCUT2D eigenvalue weighted by Gasteiger charge is -2.26. The number of para-hydroxylation sites is 1. The smallest absolute Gasteiger partial charge is 0.304 e. The number of nitrogens with two attached hydrogens (primary N) is 1. The Hall–Kier alpha value is -7.70. The minimum absolute atomic E-state index is 0.157. The van der Waals surface area contributed by atoms with E-state index in [1.165, 1.54) is 34.8 Å². The van der Waals surface area contributed by atoms with Crippen LogP contribution in [0.3, 0.4) is 0 Å². The normalized spacial score (nSPS) is 11.5. The predicted octanol–water partition coefficient (Wildman–Crippen LogP) is 8.60. The van der Waals surface area contributed by atoms with E-state index in [2.05, 4.69) is 31.8 Å². The average Bonchev–Trinajstić information content (AvgIpc) is 4.09. The largest absolute Gasteiger partial charge is 0.497 e. The number of anilines is 3. The molecule has 20 heteroatoms. The maximum atomic E-state index is 12.4. The number of aliphatic hydroxyl groups excluding tert-OH is 2. The quantitative estimate of drug-likeness (QED) is 0.0625. The van der Waals surface area contributed by atoms with Crippen LogP contribution in [0.15, 0.2) is 109 Å². The number of nitrogen functional groups attached to an aromatic ring is 1. The number of aromatic nitrogens is 5. The molecule has 65 heavy (non-hydrogen) atoms. The molecule has 3 aromatic heterocycles. The van der Waals surface area contributed by atoms with Crippen LogP contribution < -0.4 is 30.0 Å². The zero-order valence-electron chi connectivity index (χ0n) is 35.6. The molecule has 5 aromatic carbocycles. The van der Waals surface area contributed by atoms with Crippen molar-refractivity contribution >= 4 is 55.9 Å². The summed E-state index contributed by atoms with van der Waals surface area (Å²) in [5.41, 5.74) is 10.1. The molecule has 0 aliphatic heterocycles. The number of hydrogen-bond acceptors (Lipinski definition) is 17. The van der Waals surface area contributed by atoms with Gasteiger partial charge in [-0.15, -0.1) is 20.4 Å². The number of ether oxygens (including phenoxy) is 4. The summed E-state index contributed by atoms with van der Waals surface area (Å²) in [7, 11) is 6.45. The second-order valence-electron chi connectivity index (χ2n) is 13.7. The molecular formula is C45H42FN9O8S2. The van der Waals surface area contributed by atoms with Crippen LogP contribution in [0.5, 0.6) is 23.0 Å². The summed E-state index contributed by atoms with van der Waals surface area (Å²) in [6, 6.07) is 33.8. The summed E-state index contributed by atoms with van der Waals surface area (Å²) < 4.78 is 35.5. The van der Waals surface area contributed by atoms with Crippen LogP contribution in [0, 0.1) is 27.3 Å². The van der Waals surface area contributed by atoms with E-state index in [-0.39, 0.29) is 13.2 Å². The first-order valence-corrected chi connectivity index (χ1v) is 20.9. The van der Waals surface area contributed by atoms with Crippen molar-refractivity contribution in [2.45, 2.75) is 25.6 Å². The van der Waals surface area contributed by atoms with Crippen molar-refractivity contribution in [1.82, 2.24) is 25.0 Å². The third-order valence-electron chi connectivity index (χ3n) is 9.92. The van der Waals surface area contributed by atoms with E-state index in [1.54, 1.807) is 28.4 Å². The Morgan fingerprint density at radius 2 is 1.37 bits per heavy atom. The van der Waals surface area contributed by atoms with Crippen LogP contribution in [-0.2, 0) is 18.6 Å². The number of nitriles is 1. The van der Waals surface area contributed by atoms with E-state index in [4.69, 9.17) is 24.7 Å². The first-order valence-electron chi connectivity index (χ1n) is 19.3. The molecule has 334 valence electrons. The number of fused-ring (bicyclic) bond motifs is 1. The third-order valence-corrected chi connectivity index (χ3v) is 11.6. The number of benzene rings is 5. The molecule has 0 spiro atoms. The van der Waals surface area contributed by atoms with E-state index < -0.39 is 21.8 Å². The van der Waals surface area contributed by atoms with Gasteiger partial charge in [-0.25, -0.2) is 0 Å². The molecule has 0 saturated carbocycles. The molecular weight excluding hydrogens is 878 g/mol. The lowest BCUT2D eigenvalue weighted by Crippen LogP contribution is -2.22. The molecule has 0 radical (unpaired) electrons. The van der Waals surface area contributed by atoms with Gasteiger partial charge in [0.05, 0.1) is 58.2 Å². The monoisotopic (exact) mass is 919 g/mol.